The highest BCUT2D eigenvalue weighted by atomic mass is 35.5. The van der Waals surface area contributed by atoms with Gasteiger partial charge in [-0.15, -0.1) is 0 Å². The highest BCUT2D eigenvalue weighted by molar-refractivity contribution is 6.34. The van der Waals surface area contributed by atoms with Crippen molar-refractivity contribution in [3.8, 4) is 0 Å². The molecule has 2 aromatic rings. The van der Waals surface area contributed by atoms with Crippen molar-refractivity contribution in [2.24, 2.45) is 0 Å². The molecule has 0 atom stereocenters. The van der Waals surface area contributed by atoms with Crippen LogP contribution in [-0.4, -0.2) is 22.0 Å². The molecule has 0 saturated carbocycles. The van der Waals surface area contributed by atoms with Gasteiger partial charge in [0.15, 0.2) is 0 Å². The summed E-state index contributed by atoms with van der Waals surface area (Å²) in [5, 5.41) is 11.9. The molecule has 108 valence electrons. The van der Waals surface area contributed by atoms with Crippen LogP contribution in [0.1, 0.15) is 22.3 Å². The van der Waals surface area contributed by atoms with Crippen LogP contribution in [0.5, 0.6) is 0 Å². The molecular weight excluding hydrogens is 292 g/mol. The van der Waals surface area contributed by atoms with Crippen molar-refractivity contribution in [1.29, 1.82) is 0 Å². The number of para-hydroxylation sites is 1. The first kappa shape index (κ1) is 15.0. The molecule has 1 aromatic carbocycles. The summed E-state index contributed by atoms with van der Waals surface area (Å²) in [4.78, 5) is 27.0. The minimum Gasteiger partial charge on any atom is -0.478 e. The Morgan fingerprint density at radius 2 is 1.90 bits per heavy atom. The lowest BCUT2D eigenvalue weighted by Crippen LogP contribution is -2.15. The Labute approximate surface area is 126 Å². The largest absolute Gasteiger partial charge is 0.478 e. The number of anilines is 1. The average Bonchev–Trinajstić information content (AvgIpc) is 2.48. The summed E-state index contributed by atoms with van der Waals surface area (Å²) in [6.45, 7) is 0. The van der Waals surface area contributed by atoms with Gasteiger partial charge in [0.25, 0.3) is 0 Å². The van der Waals surface area contributed by atoms with Crippen LogP contribution in [-0.2, 0) is 11.2 Å². The fourth-order valence-electron chi connectivity index (χ4n) is 1.84. The van der Waals surface area contributed by atoms with Gasteiger partial charge >= 0.3 is 5.97 Å². The number of nitrogens with zero attached hydrogens (tertiary/aromatic N) is 1. The zero-order valence-electron chi connectivity index (χ0n) is 11.0. The minimum absolute atomic E-state index is 0.0280. The smallest absolute Gasteiger partial charge is 0.337 e. The molecule has 0 spiro atoms. The molecule has 0 aliphatic heterocycles. The number of aromatic carboxylic acids is 1. The van der Waals surface area contributed by atoms with Crippen LogP contribution in [0.15, 0.2) is 42.7 Å². The third kappa shape index (κ3) is 4.03. The second-order valence-corrected chi connectivity index (χ2v) is 4.78. The van der Waals surface area contributed by atoms with Crippen molar-refractivity contribution in [1.82, 2.24) is 4.98 Å². The van der Waals surface area contributed by atoms with Crippen LogP contribution < -0.4 is 5.32 Å². The lowest BCUT2D eigenvalue weighted by molar-refractivity contribution is -0.116. The summed E-state index contributed by atoms with van der Waals surface area (Å²) in [6, 6.07) is 8.11. The van der Waals surface area contributed by atoms with Gasteiger partial charge in [-0.3, -0.25) is 9.78 Å². The molecule has 0 fully saturated rings. The quantitative estimate of drug-likeness (QED) is 0.890. The fraction of sp³-hybridized carbons (Fsp3) is 0.133. The standard InChI is InChI=1S/C15H13ClN2O3/c16-12-3-1-2-11(15(20)21)14(12)18-13(19)5-4-10-6-8-17-9-7-10/h1-3,6-9H,4-5H2,(H,18,19)(H,20,21). The highest BCUT2D eigenvalue weighted by Gasteiger charge is 2.15. The molecule has 5 nitrogen and oxygen atoms in total. The summed E-state index contributed by atoms with van der Waals surface area (Å²) in [7, 11) is 0. The van der Waals surface area contributed by atoms with E-state index in [0.717, 1.165) is 5.56 Å². The first-order valence-electron chi connectivity index (χ1n) is 6.28. The normalized spacial score (nSPS) is 10.1. The fourth-order valence-corrected chi connectivity index (χ4v) is 2.06. The van der Waals surface area contributed by atoms with Gasteiger partial charge in [-0.2, -0.15) is 0 Å². The number of carboxylic acids is 1. The van der Waals surface area contributed by atoms with Gasteiger partial charge in [0.1, 0.15) is 0 Å². The molecule has 2 N–H and O–H groups in total. The van der Waals surface area contributed by atoms with Gasteiger partial charge in [0.2, 0.25) is 5.91 Å². The number of benzene rings is 1. The maximum atomic E-state index is 11.9. The van der Waals surface area contributed by atoms with Crippen LogP contribution in [0.2, 0.25) is 5.02 Å². The van der Waals surface area contributed by atoms with E-state index in [1.807, 2.05) is 12.1 Å². The first-order chi connectivity index (χ1) is 10.1. The number of rotatable bonds is 5. The highest BCUT2D eigenvalue weighted by Crippen LogP contribution is 2.26. The maximum absolute atomic E-state index is 11.9. The summed E-state index contributed by atoms with van der Waals surface area (Å²) in [6.07, 6.45) is 4.09. The summed E-state index contributed by atoms with van der Waals surface area (Å²) in [5.74, 6) is -1.43. The number of aryl methyl sites for hydroxylation is 1. The van der Waals surface area contributed by atoms with Crippen LogP contribution in [0.3, 0.4) is 0 Å². The molecule has 6 heteroatoms. The van der Waals surface area contributed by atoms with Crippen molar-refractivity contribution in [2.45, 2.75) is 12.8 Å². The Bertz CT molecular complexity index is 659. The lowest BCUT2D eigenvalue weighted by Gasteiger charge is -2.10. The summed E-state index contributed by atoms with van der Waals surface area (Å²) in [5.41, 5.74) is 1.09. The van der Waals surface area contributed by atoms with E-state index in [2.05, 4.69) is 10.3 Å². The van der Waals surface area contributed by atoms with E-state index in [9.17, 15) is 9.59 Å². The van der Waals surface area contributed by atoms with E-state index < -0.39 is 5.97 Å². The number of carboxylic acid groups (broad SMARTS) is 1. The van der Waals surface area contributed by atoms with Gasteiger partial charge in [-0.25, -0.2) is 4.79 Å². The molecule has 0 aliphatic carbocycles. The summed E-state index contributed by atoms with van der Waals surface area (Å²) >= 11 is 5.95. The minimum atomic E-state index is -1.14. The molecular formula is C15H13ClN2O3. The van der Waals surface area contributed by atoms with Crippen molar-refractivity contribution >= 4 is 29.2 Å². The number of amides is 1. The predicted molar refractivity (Wildman–Crippen MR) is 79.6 cm³/mol. The van der Waals surface area contributed by atoms with Crippen LogP contribution >= 0.6 is 11.6 Å². The van der Waals surface area contributed by atoms with Crippen molar-refractivity contribution in [2.75, 3.05) is 5.32 Å². The van der Waals surface area contributed by atoms with E-state index in [-0.39, 0.29) is 28.6 Å². The predicted octanol–water partition coefficient (Wildman–Crippen LogP) is 3.00. The molecule has 1 aromatic heterocycles. The van der Waals surface area contributed by atoms with Crippen LogP contribution in [0, 0.1) is 0 Å². The third-order valence-corrected chi connectivity index (χ3v) is 3.21. The molecule has 0 unspecified atom stereocenters. The molecule has 0 radical (unpaired) electrons. The molecule has 1 amide bonds. The van der Waals surface area contributed by atoms with Crippen LogP contribution in [0.4, 0.5) is 5.69 Å². The Morgan fingerprint density at radius 1 is 1.19 bits per heavy atom. The molecule has 2 rings (SSSR count). The Balaban J connectivity index is 2.05. The third-order valence-electron chi connectivity index (χ3n) is 2.90. The number of nitrogens with one attached hydrogen (secondary N) is 1. The number of aromatic nitrogens is 1. The van der Waals surface area contributed by atoms with Crippen LogP contribution in [0.25, 0.3) is 0 Å². The Kier molecular flexibility index (Phi) is 4.90. The first-order valence-corrected chi connectivity index (χ1v) is 6.66. The zero-order valence-corrected chi connectivity index (χ0v) is 11.8. The molecule has 1 heterocycles. The second-order valence-electron chi connectivity index (χ2n) is 4.37. The Morgan fingerprint density at radius 3 is 2.57 bits per heavy atom. The lowest BCUT2D eigenvalue weighted by atomic mass is 10.1. The van der Waals surface area contributed by atoms with E-state index in [4.69, 9.17) is 16.7 Å². The molecule has 0 aliphatic rings. The van der Waals surface area contributed by atoms with Crippen molar-refractivity contribution in [3.05, 3.63) is 58.9 Å². The number of hydrogen-bond donors (Lipinski definition) is 2. The maximum Gasteiger partial charge on any atom is 0.337 e. The van der Waals surface area contributed by atoms with E-state index >= 15 is 0 Å². The second kappa shape index (κ2) is 6.85. The van der Waals surface area contributed by atoms with E-state index in [1.54, 1.807) is 12.4 Å². The van der Waals surface area contributed by atoms with Gasteiger partial charge in [-0.1, -0.05) is 17.7 Å². The van der Waals surface area contributed by atoms with Gasteiger partial charge < -0.3 is 10.4 Å². The Hall–Kier alpha value is -2.40. The van der Waals surface area contributed by atoms with Gasteiger partial charge in [0.05, 0.1) is 16.3 Å². The monoisotopic (exact) mass is 304 g/mol. The van der Waals surface area contributed by atoms with Crippen molar-refractivity contribution in [3.63, 3.8) is 0 Å². The van der Waals surface area contributed by atoms with Gasteiger partial charge in [0, 0.05) is 18.8 Å². The number of carbonyl (C=O) groups is 2. The zero-order chi connectivity index (χ0) is 15.2. The van der Waals surface area contributed by atoms with E-state index in [0.29, 0.717) is 6.42 Å². The molecule has 21 heavy (non-hydrogen) atoms. The SMILES string of the molecule is O=C(CCc1ccncc1)Nc1c(Cl)cccc1C(=O)O. The number of carbonyl (C=O) groups excluding carboxylic acids is 1. The number of halogens is 1. The van der Waals surface area contributed by atoms with Gasteiger partial charge in [-0.05, 0) is 36.2 Å². The number of hydrogen-bond acceptors (Lipinski definition) is 3. The topological polar surface area (TPSA) is 79.3 Å². The molecule has 0 bridgehead atoms. The van der Waals surface area contributed by atoms with E-state index in [1.165, 1.54) is 18.2 Å². The van der Waals surface area contributed by atoms with Crippen molar-refractivity contribution < 1.29 is 14.7 Å². The number of pyridine rings is 1. The molecule has 0 saturated heterocycles. The average molecular weight is 305 g/mol. The summed E-state index contributed by atoms with van der Waals surface area (Å²) < 4.78 is 0.